The molecule has 0 saturated carbocycles. The van der Waals surface area contributed by atoms with Gasteiger partial charge in [0.15, 0.2) is 0 Å². The van der Waals surface area contributed by atoms with Crippen LogP contribution >= 0.6 is 0 Å². The average Bonchev–Trinajstić information content (AvgIpc) is 3.22. The van der Waals surface area contributed by atoms with Crippen molar-refractivity contribution in [1.82, 2.24) is 10.1 Å². The van der Waals surface area contributed by atoms with E-state index in [2.05, 4.69) is 5.16 Å². The van der Waals surface area contributed by atoms with Crippen molar-refractivity contribution in [2.24, 2.45) is 5.92 Å². The molecule has 2 aliphatic heterocycles. The molecule has 3 rings (SSSR count). The summed E-state index contributed by atoms with van der Waals surface area (Å²) in [5, 5.41) is 3.93. The normalized spacial score (nSPS) is 22.7. The Hall–Kier alpha value is -1.40. The Morgan fingerprint density at radius 2 is 2.13 bits per heavy atom. The lowest BCUT2D eigenvalue weighted by Crippen LogP contribution is -2.41. The van der Waals surface area contributed by atoms with Crippen molar-refractivity contribution in [2.75, 3.05) is 32.9 Å². The van der Waals surface area contributed by atoms with Crippen LogP contribution in [0, 0.1) is 12.8 Å². The van der Waals surface area contributed by atoms with Crippen LogP contribution in [0.5, 0.6) is 0 Å². The molecule has 1 atom stereocenters. The van der Waals surface area contributed by atoms with Gasteiger partial charge in [0.05, 0.1) is 25.0 Å². The van der Waals surface area contributed by atoms with Gasteiger partial charge in [0.2, 0.25) is 0 Å². The van der Waals surface area contributed by atoms with Gasteiger partial charge in [-0.15, -0.1) is 0 Å². The molecule has 0 spiro atoms. The third kappa shape index (κ3) is 3.75. The highest BCUT2D eigenvalue weighted by Crippen LogP contribution is 2.22. The summed E-state index contributed by atoms with van der Waals surface area (Å²) in [6.07, 6.45) is 3.83. The van der Waals surface area contributed by atoms with Crippen LogP contribution in [0.4, 0.5) is 0 Å². The second kappa shape index (κ2) is 7.45. The highest BCUT2D eigenvalue weighted by atomic mass is 16.5. The molecule has 2 fully saturated rings. The fourth-order valence-corrected chi connectivity index (χ4v) is 3.30. The summed E-state index contributed by atoms with van der Waals surface area (Å²) >= 11 is 0. The number of rotatable bonds is 5. The molecule has 23 heavy (non-hydrogen) atoms. The molecule has 2 aliphatic rings. The maximum Gasteiger partial charge on any atom is 0.259 e. The van der Waals surface area contributed by atoms with E-state index in [9.17, 15) is 4.79 Å². The number of hydrogen-bond acceptors (Lipinski definition) is 5. The zero-order valence-electron chi connectivity index (χ0n) is 14.0. The zero-order chi connectivity index (χ0) is 16.2. The average molecular weight is 322 g/mol. The minimum atomic E-state index is 0.0447. The van der Waals surface area contributed by atoms with Gasteiger partial charge >= 0.3 is 0 Å². The van der Waals surface area contributed by atoms with Crippen LogP contribution in [0.3, 0.4) is 0 Å². The second-order valence-electron chi connectivity index (χ2n) is 6.47. The molecule has 2 saturated heterocycles. The molecule has 128 valence electrons. The van der Waals surface area contributed by atoms with Gasteiger partial charge in [-0.1, -0.05) is 12.1 Å². The van der Waals surface area contributed by atoms with Crippen molar-refractivity contribution < 1.29 is 18.8 Å². The summed E-state index contributed by atoms with van der Waals surface area (Å²) in [5.41, 5.74) is 1.33. The molecule has 0 radical (unpaired) electrons. The molecule has 0 unspecified atom stereocenters. The van der Waals surface area contributed by atoms with E-state index in [1.165, 1.54) is 0 Å². The number of carbonyl (C=O) groups is 1. The van der Waals surface area contributed by atoms with Crippen LogP contribution in [-0.4, -0.2) is 55.0 Å². The third-order valence-corrected chi connectivity index (χ3v) is 4.79. The van der Waals surface area contributed by atoms with E-state index < -0.39 is 0 Å². The van der Waals surface area contributed by atoms with Gasteiger partial charge in [0.1, 0.15) is 11.3 Å². The molecule has 0 aliphatic carbocycles. The van der Waals surface area contributed by atoms with Crippen molar-refractivity contribution in [2.45, 2.75) is 45.6 Å². The van der Waals surface area contributed by atoms with E-state index in [0.717, 1.165) is 52.2 Å². The SMILES string of the molecule is CCc1onc(C)c1C(=O)N1CCC(OC[C@H]2CCOC2)CC1. The monoisotopic (exact) mass is 322 g/mol. The number of ether oxygens (including phenoxy) is 2. The van der Waals surface area contributed by atoms with E-state index in [1.807, 2.05) is 18.7 Å². The topological polar surface area (TPSA) is 64.8 Å². The fourth-order valence-electron chi connectivity index (χ4n) is 3.30. The van der Waals surface area contributed by atoms with Gasteiger partial charge in [0.25, 0.3) is 5.91 Å². The number of nitrogens with zero attached hydrogens (tertiary/aromatic N) is 2. The Bertz CT molecular complexity index is 529. The first-order valence-corrected chi connectivity index (χ1v) is 8.62. The summed E-state index contributed by atoms with van der Waals surface area (Å²) in [7, 11) is 0. The number of likely N-dealkylation sites (tertiary alicyclic amines) is 1. The molecule has 0 N–H and O–H groups in total. The van der Waals surface area contributed by atoms with Crippen molar-refractivity contribution >= 4 is 5.91 Å². The van der Waals surface area contributed by atoms with E-state index in [4.69, 9.17) is 14.0 Å². The lowest BCUT2D eigenvalue weighted by molar-refractivity contribution is -0.00797. The van der Waals surface area contributed by atoms with Crippen LogP contribution in [0.15, 0.2) is 4.52 Å². The van der Waals surface area contributed by atoms with Crippen LogP contribution in [-0.2, 0) is 15.9 Å². The van der Waals surface area contributed by atoms with Crippen molar-refractivity contribution in [3.63, 3.8) is 0 Å². The number of aromatic nitrogens is 1. The Morgan fingerprint density at radius 3 is 2.78 bits per heavy atom. The third-order valence-electron chi connectivity index (χ3n) is 4.79. The number of piperidine rings is 1. The van der Waals surface area contributed by atoms with Crippen LogP contribution < -0.4 is 0 Å². The summed E-state index contributed by atoms with van der Waals surface area (Å²) < 4.78 is 16.6. The van der Waals surface area contributed by atoms with Crippen LogP contribution in [0.2, 0.25) is 0 Å². The summed E-state index contributed by atoms with van der Waals surface area (Å²) in [6, 6.07) is 0. The van der Waals surface area contributed by atoms with E-state index >= 15 is 0 Å². The van der Waals surface area contributed by atoms with E-state index in [1.54, 1.807) is 0 Å². The quantitative estimate of drug-likeness (QED) is 0.831. The molecule has 6 nitrogen and oxygen atoms in total. The first-order valence-electron chi connectivity index (χ1n) is 8.62. The Morgan fingerprint density at radius 1 is 1.35 bits per heavy atom. The largest absolute Gasteiger partial charge is 0.381 e. The molecule has 0 bridgehead atoms. The van der Waals surface area contributed by atoms with Crippen LogP contribution in [0.1, 0.15) is 48.0 Å². The highest BCUT2D eigenvalue weighted by Gasteiger charge is 2.29. The zero-order valence-corrected chi connectivity index (χ0v) is 14.0. The molecular weight excluding hydrogens is 296 g/mol. The van der Waals surface area contributed by atoms with Gasteiger partial charge in [-0.2, -0.15) is 0 Å². The standard InChI is InChI=1S/C17H26N2O4/c1-3-15-16(12(2)18-23-15)17(20)19-7-4-14(5-8-19)22-11-13-6-9-21-10-13/h13-14H,3-11H2,1-2H3/t13-/m0/s1. The van der Waals surface area contributed by atoms with Gasteiger partial charge in [-0.3, -0.25) is 4.79 Å². The lowest BCUT2D eigenvalue weighted by Gasteiger charge is -2.32. The number of hydrogen-bond donors (Lipinski definition) is 0. The van der Waals surface area contributed by atoms with Gasteiger partial charge < -0.3 is 18.9 Å². The Balaban J connectivity index is 1.50. The predicted molar refractivity (Wildman–Crippen MR) is 84.4 cm³/mol. The van der Waals surface area contributed by atoms with E-state index in [0.29, 0.717) is 29.4 Å². The predicted octanol–water partition coefficient (Wildman–Crippen LogP) is 2.20. The van der Waals surface area contributed by atoms with Crippen molar-refractivity contribution in [3.8, 4) is 0 Å². The summed E-state index contributed by atoms with van der Waals surface area (Å²) in [5.74, 6) is 1.27. The Kier molecular flexibility index (Phi) is 5.33. The summed E-state index contributed by atoms with van der Waals surface area (Å²) in [4.78, 5) is 14.6. The van der Waals surface area contributed by atoms with Crippen molar-refractivity contribution in [1.29, 1.82) is 0 Å². The minimum Gasteiger partial charge on any atom is -0.381 e. The van der Waals surface area contributed by atoms with E-state index in [-0.39, 0.29) is 12.0 Å². The number of aryl methyl sites for hydroxylation is 2. The molecule has 0 aromatic carbocycles. The smallest absolute Gasteiger partial charge is 0.259 e. The highest BCUT2D eigenvalue weighted by molar-refractivity contribution is 5.96. The molecule has 1 aromatic heterocycles. The van der Waals surface area contributed by atoms with Gasteiger partial charge in [0, 0.05) is 32.0 Å². The van der Waals surface area contributed by atoms with Gasteiger partial charge in [-0.25, -0.2) is 0 Å². The lowest BCUT2D eigenvalue weighted by atomic mass is 10.0. The molecule has 1 aromatic rings. The first kappa shape index (κ1) is 16.5. The second-order valence-corrected chi connectivity index (χ2v) is 6.47. The molecule has 1 amide bonds. The van der Waals surface area contributed by atoms with Crippen LogP contribution in [0.25, 0.3) is 0 Å². The van der Waals surface area contributed by atoms with Crippen molar-refractivity contribution in [3.05, 3.63) is 17.0 Å². The fraction of sp³-hybridized carbons (Fsp3) is 0.765. The molecule has 3 heterocycles. The maximum atomic E-state index is 12.7. The van der Waals surface area contributed by atoms with Gasteiger partial charge in [-0.05, 0) is 26.2 Å². The minimum absolute atomic E-state index is 0.0447. The number of carbonyl (C=O) groups excluding carboxylic acids is 1. The summed E-state index contributed by atoms with van der Waals surface area (Å²) in [6.45, 7) is 7.74. The maximum absolute atomic E-state index is 12.7. The number of amides is 1. The Labute approximate surface area is 137 Å². The molecule has 6 heteroatoms. The first-order chi connectivity index (χ1) is 11.2. The molecular formula is C17H26N2O4.